The van der Waals surface area contributed by atoms with Crippen LogP contribution in [0.5, 0.6) is 0 Å². The molecule has 2 bridgehead atoms. The van der Waals surface area contributed by atoms with Crippen molar-refractivity contribution >= 4 is 5.91 Å². The van der Waals surface area contributed by atoms with E-state index in [1.165, 1.54) is 6.42 Å². The number of amides is 1. The van der Waals surface area contributed by atoms with Gasteiger partial charge in [-0.15, -0.1) is 0 Å². The van der Waals surface area contributed by atoms with Crippen molar-refractivity contribution < 1.29 is 4.79 Å². The van der Waals surface area contributed by atoms with E-state index >= 15 is 0 Å². The van der Waals surface area contributed by atoms with E-state index in [2.05, 4.69) is 12.2 Å². The molecule has 0 saturated heterocycles. The third kappa shape index (κ3) is 1.38. The van der Waals surface area contributed by atoms with E-state index in [1.807, 2.05) is 0 Å². The topological polar surface area (TPSA) is 43.1 Å². The Balaban J connectivity index is 2.07. The SMILES string of the molecule is NC(=O)C1CC2C=CCC(C2)C1. The zero-order valence-electron chi connectivity index (χ0n) is 7.20. The molecule has 0 aliphatic heterocycles. The molecule has 66 valence electrons. The van der Waals surface area contributed by atoms with E-state index in [9.17, 15) is 4.79 Å². The predicted octanol–water partition coefficient (Wildman–Crippen LogP) is 1.46. The number of nitrogens with two attached hydrogens (primary N) is 1. The molecule has 3 atom stereocenters. The average Bonchev–Trinajstić information content (AvgIpc) is 2.03. The van der Waals surface area contributed by atoms with Gasteiger partial charge in [-0.2, -0.15) is 0 Å². The lowest BCUT2D eigenvalue weighted by Crippen LogP contribution is -2.32. The minimum absolute atomic E-state index is 0.0972. The maximum atomic E-state index is 11.0. The molecule has 2 N–H and O–H groups in total. The quantitative estimate of drug-likeness (QED) is 0.587. The molecule has 1 fully saturated rings. The summed E-state index contributed by atoms with van der Waals surface area (Å²) in [6, 6.07) is 0. The third-order valence-electron chi connectivity index (χ3n) is 3.12. The minimum Gasteiger partial charge on any atom is -0.369 e. The molecule has 0 aromatic heterocycles. The number of carbonyl (C=O) groups excluding carboxylic acids is 1. The van der Waals surface area contributed by atoms with Gasteiger partial charge < -0.3 is 5.73 Å². The van der Waals surface area contributed by atoms with Crippen LogP contribution in [0.25, 0.3) is 0 Å². The van der Waals surface area contributed by atoms with Crippen LogP contribution in [-0.2, 0) is 4.79 Å². The number of rotatable bonds is 1. The van der Waals surface area contributed by atoms with Gasteiger partial charge in [0.2, 0.25) is 5.91 Å². The highest BCUT2D eigenvalue weighted by atomic mass is 16.1. The normalized spacial score (nSPS) is 39.5. The Morgan fingerprint density at radius 1 is 1.33 bits per heavy atom. The summed E-state index contributed by atoms with van der Waals surface area (Å²) in [7, 11) is 0. The summed E-state index contributed by atoms with van der Waals surface area (Å²) in [6.45, 7) is 0. The molecular formula is C10H15NO. The summed E-state index contributed by atoms with van der Waals surface area (Å²) in [4.78, 5) is 11.0. The molecular weight excluding hydrogens is 150 g/mol. The molecule has 2 aliphatic carbocycles. The zero-order valence-corrected chi connectivity index (χ0v) is 7.20. The van der Waals surface area contributed by atoms with Gasteiger partial charge in [0.25, 0.3) is 0 Å². The predicted molar refractivity (Wildman–Crippen MR) is 47.3 cm³/mol. The van der Waals surface area contributed by atoms with Crippen molar-refractivity contribution in [2.45, 2.75) is 25.7 Å². The standard InChI is InChI=1S/C10H15NO/c11-10(12)9-5-7-2-1-3-8(4-7)6-9/h1-2,7-9H,3-6H2,(H2,11,12). The van der Waals surface area contributed by atoms with E-state index in [1.54, 1.807) is 0 Å². The maximum Gasteiger partial charge on any atom is 0.220 e. The monoisotopic (exact) mass is 165 g/mol. The molecule has 2 aliphatic rings. The fourth-order valence-electron chi connectivity index (χ4n) is 2.53. The Morgan fingerprint density at radius 2 is 2.17 bits per heavy atom. The molecule has 1 saturated carbocycles. The summed E-state index contributed by atoms with van der Waals surface area (Å²) < 4.78 is 0. The molecule has 0 aromatic rings. The fraction of sp³-hybridized carbons (Fsp3) is 0.700. The van der Waals surface area contributed by atoms with E-state index in [4.69, 9.17) is 5.73 Å². The molecule has 0 heterocycles. The Hall–Kier alpha value is -0.790. The second-order valence-electron chi connectivity index (χ2n) is 4.10. The Kier molecular flexibility index (Phi) is 1.91. The molecule has 12 heavy (non-hydrogen) atoms. The maximum absolute atomic E-state index is 11.0. The zero-order chi connectivity index (χ0) is 8.55. The van der Waals surface area contributed by atoms with Crippen molar-refractivity contribution in [2.24, 2.45) is 23.5 Å². The Labute approximate surface area is 72.8 Å². The van der Waals surface area contributed by atoms with Gasteiger partial charge >= 0.3 is 0 Å². The second kappa shape index (κ2) is 2.92. The highest BCUT2D eigenvalue weighted by molar-refractivity contribution is 5.76. The first-order valence-electron chi connectivity index (χ1n) is 4.71. The van der Waals surface area contributed by atoms with Crippen molar-refractivity contribution in [1.82, 2.24) is 0 Å². The van der Waals surface area contributed by atoms with Gasteiger partial charge in [0, 0.05) is 5.92 Å². The summed E-state index contributed by atoms with van der Waals surface area (Å²) in [5.74, 6) is 1.42. The number of carbonyl (C=O) groups is 1. The van der Waals surface area contributed by atoms with Crippen molar-refractivity contribution in [2.75, 3.05) is 0 Å². The number of fused-ring (bicyclic) bond motifs is 2. The molecule has 2 nitrogen and oxygen atoms in total. The first-order chi connectivity index (χ1) is 5.75. The van der Waals surface area contributed by atoms with Crippen LogP contribution in [0.1, 0.15) is 25.7 Å². The van der Waals surface area contributed by atoms with Gasteiger partial charge in [-0.25, -0.2) is 0 Å². The summed E-state index contributed by atoms with van der Waals surface area (Å²) in [6.07, 6.45) is 8.96. The molecule has 2 rings (SSSR count). The summed E-state index contributed by atoms with van der Waals surface area (Å²) in [5, 5.41) is 0. The number of primary amides is 1. The number of hydrogen-bond acceptors (Lipinski definition) is 1. The van der Waals surface area contributed by atoms with Crippen LogP contribution in [-0.4, -0.2) is 5.91 Å². The van der Waals surface area contributed by atoms with Crippen LogP contribution >= 0.6 is 0 Å². The molecule has 0 radical (unpaired) electrons. The minimum atomic E-state index is -0.0972. The lowest BCUT2D eigenvalue weighted by atomic mass is 9.71. The van der Waals surface area contributed by atoms with E-state index in [0.717, 1.165) is 25.2 Å². The van der Waals surface area contributed by atoms with Gasteiger partial charge in [-0.3, -0.25) is 4.79 Å². The second-order valence-corrected chi connectivity index (χ2v) is 4.10. The average molecular weight is 165 g/mol. The van der Waals surface area contributed by atoms with Crippen LogP contribution in [0.2, 0.25) is 0 Å². The summed E-state index contributed by atoms with van der Waals surface area (Å²) in [5.41, 5.74) is 5.31. The van der Waals surface area contributed by atoms with E-state index < -0.39 is 0 Å². The molecule has 1 amide bonds. The van der Waals surface area contributed by atoms with Crippen molar-refractivity contribution in [3.8, 4) is 0 Å². The number of hydrogen-bond donors (Lipinski definition) is 1. The van der Waals surface area contributed by atoms with Crippen molar-refractivity contribution in [3.63, 3.8) is 0 Å². The molecule has 0 aromatic carbocycles. The van der Waals surface area contributed by atoms with Crippen molar-refractivity contribution in [1.29, 1.82) is 0 Å². The van der Waals surface area contributed by atoms with E-state index in [-0.39, 0.29) is 11.8 Å². The van der Waals surface area contributed by atoms with E-state index in [0.29, 0.717) is 5.92 Å². The number of allylic oxidation sites excluding steroid dienone is 2. The van der Waals surface area contributed by atoms with Gasteiger partial charge in [-0.1, -0.05) is 12.2 Å². The first-order valence-corrected chi connectivity index (χ1v) is 4.71. The smallest absolute Gasteiger partial charge is 0.220 e. The first kappa shape index (κ1) is 7.84. The molecule has 2 heteroatoms. The fourth-order valence-corrected chi connectivity index (χ4v) is 2.53. The van der Waals surface area contributed by atoms with Gasteiger partial charge in [0.1, 0.15) is 0 Å². The van der Waals surface area contributed by atoms with Crippen LogP contribution in [0.15, 0.2) is 12.2 Å². The summed E-state index contributed by atoms with van der Waals surface area (Å²) >= 11 is 0. The van der Waals surface area contributed by atoms with Crippen LogP contribution in [0.3, 0.4) is 0 Å². The van der Waals surface area contributed by atoms with Gasteiger partial charge in [0.05, 0.1) is 0 Å². The Bertz CT molecular complexity index is 222. The Morgan fingerprint density at radius 3 is 2.83 bits per heavy atom. The largest absolute Gasteiger partial charge is 0.369 e. The van der Waals surface area contributed by atoms with Crippen LogP contribution in [0.4, 0.5) is 0 Å². The van der Waals surface area contributed by atoms with Crippen LogP contribution < -0.4 is 5.73 Å². The lowest BCUT2D eigenvalue weighted by molar-refractivity contribution is -0.123. The molecule has 0 spiro atoms. The highest BCUT2D eigenvalue weighted by Gasteiger charge is 2.31. The van der Waals surface area contributed by atoms with Crippen LogP contribution in [0, 0.1) is 17.8 Å². The van der Waals surface area contributed by atoms with Crippen molar-refractivity contribution in [3.05, 3.63) is 12.2 Å². The van der Waals surface area contributed by atoms with Gasteiger partial charge in [0.15, 0.2) is 0 Å². The highest BCUT2D eigenvalue weighted by Crippen LogP contribution is 2.38. The lowest BCUT2D eigenvalue weighted by Gasteiger charge is -2.34. The third-order valence-corrected chi connectivity index (χ3v) is 3.12. The van der Waals surface area contributed by atoms with Gasteiger partial charge in [-0.05, 0) is 37.5 Å². The molecule has 3 unspecified atom stereocenters.